The Labute approximate surface area is 57.7 Å². The molecule has 4 N–H and O–H groups in total. The van der Waals surface area contributed by atoms with Crippen molar-refractivity contribution in [3.8, 4) is 0 Å². The summed E-state index contributed by atoms with van der Waals surface area (Å²) in [6, 6.07) is 0. The van der Waals surface area contributed by atoms with E-state index in [-0.39, 0.29) is 12.5 Å². The molecule has 7 heteroatoms. The first-order valence-corrected chi connectivity index (χ1v) is 4.25. The fourth-order valence-corrected chi connectivity index (χ4v) is 0.794. The van der Waals surface area contributed by atoms with Gasteiger partial charge in [0.2, 0.25) is 0 Å². The van der Waals surface area contributed by atoms with E-state index in [2.05, 4.69) is 10.4 Å². The van der Waals surface area contributed by atoms with E-state index in [1.165, 1.54) is 0 Å². The van der Waals surface area contributed by atoms with E-state index in [9.17, 15) is 4.57 Å². The van der Waals surface area contributed by atoms with Crippen LogP contribution >= 0.6 is 19.3 Å². The summed E-state index contributed by atoms with van der Waals surface area (Å²) in [5.74, 6) is 4.77. The van der Waals surface area contributed by atoms with Crippen molar-refractivity contribution in [1.29, 1.82) is 0 Å². The summed E-state index contributed by atoms with van der Waals surface area (Å²) in [5, 5.41) is 1.61. The second kappa shape index (κ2) is 4.22. The van der Waals surface area contributed by atoms with Gasteiger partial charge in [-0.1, -0.05) is 0 Å². The Kier molecular flexibility index (Phi) is 4.39. The molecular weight excluding hydrogens is 166 g/mol. The van der Waals surface area contributed by atoms with Crippen LogP contribution in [0.3, 0.4) is 0 Å². The van der Waals surface area contributed by atoms with Crippen molar-refractivity contribution < 1.29 is 14.0 Å². The molecule has 0 radical (unpaired) electrons. The first kappa shape index (κ1) is 9.36. The quantitative estimate of drug-likeness (QED) is 0.238. The van der Waals surface area contributed by atoms with Gasteiger partial charge in [-0.15, -0.1) is 11.6 Å². The van der Waals surface area contributed by atoms with Crippen molar-refractivity contribution in [3.63, 3.8) is 0 Å². The first-order valence-electron chi connectivity index (χ1n) is 2.13. The van der Waals surface area contributed by atoms with Crippen LogP contribution in [0.25, 0.3) is 0 Å². The number of halogens is 1. The molecule has 0 amide bonds. The molecule has 0 heterocycles. The van der Waals surface area contributed by atoms with Gasteiger partial charge in [-0.3, -0.25) is 10.4 Å². The predicted octanol–water partition coefficient (Wildman–Crippen LogP) is -0.195. The van der Waals surface area contributed by atoms with Crippen LogP contribution in [0.5, 0.6) is 0 Å². The van der Waals surface area contributed by atoms with E-state index in [1.807, 2.05) is 0 Å². The van der Waals surface area contributed by atoms with Crippen LogP contribution in [-0.4, -0.2) is 17.4 Å². The number of hydrogen-bond donors (Lipinski definition) is 3. The average molecular weight is 175 g/mol. The van der Waals surface area contributed by atoms with E-state index < -0.39 is 7.75 Å². The lowest BCUT2D eigenvalue weighted by Gasteiger charge is -2.07. The summed E-state index contributed by atoms with van der Waals surface area (Å²) in [4.78, 5) is 8.49. The highest BCUT2D eigenvalue weighted by atomic mass is 35.5. The molecule has 0 spiro atoms. The highest BCUT2D eigenvalue weighted by Crippen LogP contribution is 2.34. The van der Waals surface area contributed by atoms with Crippen molar-refractivity contribution in [2.45, 2.75) is 0 Å². The first-order chi connectivity index (χ1) is 4.12. The van der Waals surface area contributed by atoms with E-state index >= 15 is 0 Å². The SMILES string of the molecule is NNP(=O)(O)OCCCl. The Balaban J connectivity index is 3.46. The lowest BCUT2D eigenvalue weighted by molar-refractivity contribution is 0.265. The maximum Gasteiger partial charge on any atom is 0.416 e. The molecule has 0 bridgehead atoms. The fraction of sp³-hybridized carbons (Fsp3) is 1.00. The summed E-state index contributed by atoms with van der Waals surface area (Å²) < 4.78 is 14.7. The second-order valence-electron chi connectivity index (χ2n) is 1.17. The third-order valence-corrected chi connectivity index (χ3v) is 1.52. The molecule has 0 aromatic heterocycles. The summed E-state index contributed by atoms with van der Waals surface area (Å²) >= 11 is 5.14. The summed E-state index contributed by atoms with van der Waals surface area (Å²) in [5.41, 5.74) is 0. The standard InChI is InChI=1S/C2H8ClN2O3P/c3-1-2-8-9(6,7)5-4/h1-2,4H2,(H2,5,6,7). The molecule has 0 saturated heterocycles. The Morgan fingerprint density at radius 1 is 1.89 bits per heavy atom. The third-order valence-electron chi connectivity index (χ3n) is 0.507. The van der Waals surface area contributed by atoms with Crippen LogP contribution in [0.15, 0.2) is 0 Å². The number of hydrazine groups is 1. The van der Waals surface area contributed by atoms with Gasteiger partial charge in [-0.25, -0.2) is 4.57 Å². The zero-order valence-corrected chi connectivity index (χ0v) is 6.23. The van der Waals surface area contributed by atoms with E-state index in [4.69, 9.17) is 16.5 Å². The van der Waals surface area contributed by atoms with E-state index in [0.717, 1.165) is 0 Å². The molecule has 0 aromatic rings. The summed E-state index contributed by atoms with van der Waals surface area (Å²) in [6.45, 7) is -0.000463. The van der Waals surface area contributed by atoms with Crippen molar-refractivity contribution in [1.82, 2.24) is 5.20 Å². The molecule has 0 aliphatic heterocycles. The fourth-order valence-electron chi connectivity index (χ4n) is 0.196. The zero-order chi connectivity index (χ0) is 7.33. The largest absolute Gasteiger partial charge is 0.416 e. The monoisotopic (exact) mass is 174 g/mol. The van der Waals surface area contributed by atoms with Crippen LogP contribution < -0.4 is 11.0 Å². The Bertz CT molecular complexity index is 120. The topological polar surface area (TPSA) is 84.6 Å². The van der Waals surface area contributed by atoms with Crippen LogP contribution in [0.4, 0.5) is 0 Å². The van der Waals surface area contributed by atoms with E-state index in [0.29, 0.717) is 0 Å². The molecule has 0 fully saturated rings. The van der Waals surface area contributed by atoms with Gasteiger partial charge >= 0.3 is 7.75 Å². The summed E-state index contributed by atoms with van der Waals surface area (Å²) in [6.07, 6.45) is 0. The lowest BCUT2D eigenvalue weighted by atomic mass is 10.9. The Morgan fingerprint density at radius 2 is 2.44 bits per heavy atom. The van der Waals surface area contributed by atoms with Gasteiger partial charge in [0.05, 0.1) is 6.61 Å². The minimum atomic E-state index is -3.75. The average Bonchev–Trinajstić information content (AvgIpc) is 1.84. The number of nitrogens with two attached hydrogens (primary N) is 1. The molecule has 0 aliphatic rings. The predicted molar refractivity (Wildman–Crippen MR) is 33.8 cm³/mol. The van der Waals surface area contributed by atoms with Gasteiger partial charge < -0.3 is 4.89 Å². The van der Waals surface area contributed by atoms with Crippen molar-refractivity contribution in [2.24, 2.45) is 5.84 Å². The van der Waals surface area contributed by atoms with Crippen molar-refractivity contribution in [3.05, 3.63) is 0 Å². The van der Waals surface area contributed by atoms with Gasteiger partial charge in [0, 0.05) is 5.88 Å². The molecule has 0 aliphatic carbocycles. The molecule has 5 nitrogen and oxygen atoms in total. The molecule has 56 valence electrons. The highest BCUT2D eigenvalue weighted by molar-refractivity contribution is 7.50. The number of nitrogens with one attached hydrogen (secondary N) is 1. The molecule has 0 saturated carbocycles. The number of rotatable bonds is 4. The summed E-state index contributed by atoms with van der Waals surface area (Å²) in [7, 11) is -3.75. The molecule has 0 aromatic carbocycles. The van der Waals surface area contributed by atoms with E-state index in [1.54, 1.807) is 5.20 Å². The van der Waals surface area contributed by atoms with Gasteiger partial charge in [0.25, 0.3) is 0 Å². The molecule has 1 atom stereocenters. The second-order valence-corrected chi connectivity index (χ2v) is 3.11. The van der Waals surface area contributed by atoms with Crippen LogP contribution in [0.2, 0.25) is 0 Å². The lowest BCUT2D eigenvalue weighted by Crippen LogP contribution is -2.19. The normalized spacial score (nSPS) is 17.2. The zero-order valence-electron chi connectivity index (χ0n) is 4.58. The molecule has 0 rings (SSSR count). The highest BCUT2D eigenvalue weighted by Gasteiger charge is 2.14. The van der Waals surface area contributed by atoms with Crippen LogP contribution in [0, 0.1) is 0 Å². The van der Waals surface area contributed by atoms with Crippen LogP contribution in [-0.2, 0) is 9.09 Å². The Morgan fingerprint density at radius 3 is 2.78 bits per heavy atom. The number of alkyl halides is 1. The van der Waals surface area contributed by atoms with Crippen molar-refractivity contribution >= 4 is 19.3 Å². The van der Waals surface area contributed by atoms with Crippen LogP contribution in [0.1, 0.15) is 0 Å². The smallest absolute Gasteiger partial charge is 0.312 e. The maximum atomic E-state index is 10.4. The van der Waals surface area contributed by atoms with Gasteiger partial charge in [0.1, 0.15) is 0 Å². The minimum absolute atomic E-state index is 0.000463. The van der Waals surface area contributed by atoms with Gasteiger partial charge in [-0.05, 0) is 0 Å². The minimum Gasteiger partial charge on any atom is -0.312 e. The third kappa shape index (κ3) is 4.84. The van der Waals surface area contributed by atoms with Gasteiger partial charge in [0.15, 0.2) is 0 Å². The molecule has 9 heavy (non-hydrogen) atoms. The van der Waals surface area contributed by atoms with Gasteiger partial charge in [-0.2, -0.15) is 5.20 Å². The number of hydrogen-bond acceptors (Lipinski definition) is 3. The molecule has 1 unspecified atom stereocenters. The molecular formula is C2H8ClN2O3P. The Hall–Kier alpha value is 0.360. The maximum absolute atomic E-state index is 10.4. The van der Waals surface area contributed by atoms with Crippen molar-refractivity contribution in [2.75, 3.05) is 12.5 Å².